The number of nitrogens with zero attached hydrogens (tertiary/aromatic N) is 2. The number of hydrogen-bond donors (Lipinski definition) is 0. The first-order valence-electron chi connectivity index (χ1n) is 6.92. The molecule has 0 N–H and O–H groups in total. The molecule has 0 aliphatic heterocycles. The van der Waals surface area contributed by atoms with Crippen molar-refractivity contribution >= 4 is 10.0 Å². The van der Waals surface area contributed by atoms with Crippen LogP contribution in [0.3, 0.4) is 0 Å². The van der Waals surface area contributed by atoms with Crippen LogP contribution in [0.1, 0.15) is 11.1 Å². The van der Waals surface area contributed by atoms with Crippen LogP contribution in [0.2, 0.25) is 0 Å². The summed E-state index contributed by atoms with van der Waals surface area (Å²) in [5.41, 5.74) is 2.81. The lowest BCUT2D eigenvalue weighted by molar-refractivity contribution is 0.588. The third-order valence-corrected chi connectivity index (χ3v) is 5.25. The minimum Gasteiger partial charge on any atom is -0.236 e. The van der Waals surface area contributed by atoms with Crippen LogP contribution in [0.5, 0.6) is 0 Å². The monoisotopic (exact) mass is 312 g/mol. The standard InChI is InChI=1S/C17H16N2O2S/c1-13-7-9-15(10-8-13)22(20,21)19-12-11-18-17(19)16-6-4-3-5-14(16)2/h3-12H,1-2H3. The molecule has 0 unspecified atom stereocenters. The Balaban J connectivity index is 2.16. The molecule has 22 heavy (non-hydrogen) atoms. The van der Waals surface area contributed by atoms with Crippen molar-refractivity contribution in [2.24, 2.45) is 0 Å². The van der Waals surface area contributed by atoms with Crippen molar-refractivity contribution in [3.8, 4) is 11.4 Å². The Labute approximate surface area is 130 Å². The predicted octanol–water partition coefficient (Wildman–Crippen LogP) is 3.40. The van der Waals surface area contributed by atoms with Gasteiger partial charge in [-0.2, -0.15) is 0 Å². The fourth-order valence-electron chi connectivity index (χ4n) is 2.32. The Bertz CT molecular complexity index is 910. The van der Waals surface area contributed by atoms with Crippen molar-refractivity contribution in [3.05, 3.63) is 72.1 Å². The number of hydrogen-bond acceptors (Lipinski definition) is 3. The van der Waals surface area contributed by atoms with E-state index in [0.717, 1.165) is 16.7 Å². The third-order valence-electron chi connectivity index (χ3n) is 3.57. The average molecular weight is 312 g/mol. The first kappa shape index (κ1) is 14.5. The van der Waals surface area contributed by atoms with Crippen molar-refractivity contribution < 1.29 is 8.42 Å². The molecule has 3 aromatic rings. The lowest BCUT2D eigenvalue weighted by atomic mass is 10.1. The number of benzene rings is 2. The summed E-state index contributed by atoms with van der Waals surface area (Å²) in [5.74, 6) is 0.429. The number of aryl methyl sites for hydroxylation is 2. The number of imidazole rings is 1. The van der Waals surface area contributed by atoms with Crippen molar-refractivity contribution in [2.45, 2.75) is 18.7 Å². The molecule has 1 aromatic heterocycles. The highest BCUT2D eigenvalue weighted by molar-refractivity contribution is 7.90. The minimum absolute atomic E-state index is 0.255. The molecule has 2 aromatic carbocycles. The zero-order valence-corrected chi connectivity index (χ0v) is 13.2. The molecule has 0 aliphatic carbocycles. The molecule has 0 amide bonds. The van der Waals surface area contributed by atoms with Crippen LogP contribution in [-0.4, -0.2) is 17.4 Å². The van der Waals surface area contributed by atoms with Gasteiger partial charge in [0.2, 0.25) is 0 Å². The van der Waals surface area contributed by atoms with Crippen molar-refractivity contribution in [1.29, 1.82) is 0 Å². The maximum atomic E-state index is 12.8. The summed E-state index contributed by atoms with van der Waals surface area (Å²) in [7, 11) is -3.65. The molecular weight excluding hydrogens is 296 g/mol. The summed E-state index contributed by atoms with van der Waals surface area (Å²) in [6, 6.07) is 14.4. The van der Waals surface area contributed by atoms with Gasteiger partial charge in [0.1, 0.15) is 0 Å². The Morgan fingerprint density at radius 3 is 2.32 bits per heavy atom. The fraction of sp³-hybridized carbons (Fsp3) is 0.118. The van der Waals surface area contributed by atoms with E-state index >= 15 is 0 Å². The molecule has 0 radical (unpaired) electrons. The second-order valence-corrected chi connectivity index (χ2v) is 6.99. The molecule has 0 bridgehead atoms. The highest BCUT2D eigenvalue weighted by atomic mass is 32.2. The quantitative estimate of drug-likeness (QED) is 0.745. The molecule has 112 valence electrons. The van der Waals surface area contributed by atoms with Gasteiger partial charge in [-0.05, 0) is 31.5 Å². The molecule has 5 heteroatoms. The van der Waals surface area contributed by atoms with Gasteiger partial charge in [-0.3, -0.25) is 0 Å². The molecule has 0 saturated heterocycles. The summed E-state index contributed by atoms with van der Waals surface area (Å²) < 4.78 is 26.9. The Morgan fingerprint density at radius 1 is 0.955 bits per heavy atom. The van der Waals surface area contributed by atoms with E-state index in [1.165, 1.54) is 16.4 Å². The third kappa shape index (κ3) is 2.44. The van der Waals surface area contributed by atoms with Gasteiger partial charge >= 0.3 is 0 Å². The molecule has 0 saturated carbocycles. The largest absolute Gasteiger partial charge is 0.269 e. The maximum Gasteiger partial charge on any atom is 0.269 e. The SMILES string of the molecule is Cc1ccc(S(=O)(=O)n2ccnc2-c2ccccc2C)cc1. The van der Waals surface area contributed by atoms with E-state index in [-0.39, 0.29) is 4.90 Å². The Morgan fingerprint density at radius 2 is 1.64 bits per heavy atom. The van der Waals surface area contributed by atoms with Crippen molar-refractivity contribution in [2.75, 3.05) is 0 Å². The second-order valence-electron chi connectivity index (χ2n) is 5.18. The van der Waals surface area contributed by atoms with Gasteiger partial charge in [0.25, 0.3) is 10.0 Å². The lowest BCUT2D eigenvalue weighted by Gasteiger charge is -2.11. The summed E-state index contributed by atoms with van der Waals surface area (Å²) in [6.45, 7) is 3.86. The van der Waals surface area contributed by atoms with E-state index in [1.807, 2.05) is 38.1 Å². The molecule has 0 fully saturated rings. The topological polar surface area (TPSA) is 52.0 Å². The normalized spacial score (nSPS) is 11.5. The number of rotatable bonds is 3. The van der Waals surface area contributed by atoms with E-state index < -0.39 is 10.0 Å². The van der Waals surface area contributed by atoms with Gasteiger partial charge < -0.3 is 0 Å². The highest BCUT2D eigenvalue weighted by Crippen LogP contribution is 2.25. The minimum atomic E-state index is -3.65. The van der Waals surface area contributed by atoms with E-state index in [9.17, 15) is 8.42 Å². The summed E-state index contributed by atoms with van der Waals surface area (Å²) in [6.07, 6.45) is 2.99. The predicted molar refractivity (Wildman–Crippen MR) is 86.2 cm³/mol. The van der Waals surface area contributed by atoms with E-state index in [1.54, 1.807) is 24.3 Å². The summed E-state index contributed by atoms with van der Waals surface area (Å²) >= 11 is 0. The van der Waals surface area contributed by atoms with Gasteiger partial charge in [-0.1, -0.05) is 42.0 Å². The summed E-state index contributed by atoms with van der Waals surface area (Å²) in [4.78, 5) is 4.50. The van der Waals surface area contributed by atoms with E-state index in [4.69, 9.17) is 0 Å². The summed E-state index contributed by atoms with van der Waals surface area (Å²) in [5, 5.41) is 0. The molecule has 4 nitrogen and oxygen atoms in total. The number of aromatic nitrogens is 2. The second kappa shape index (κ2) is 5.42. The molecule has 0 aliphatic rings. The molecule has 0 spiro atoms. The van der Waals surface area contributed by atoms with Crippen molar-refractivity contribution in [3.63, 3.8) is 0 Å². The van der Waals surface area contributed by atoms with Crippen LogP contribution < -0.4 is 0 Å². The van der Waals surface area contributed by atoms with Crippen molar-refractivity contribution in [1.82, 2.24) is 8.96 Å². The maximum absolute atomic E-state index is 12.8. The lowest BCUT2D eigenvalue weighted by Crippen LogP contribution is -2.13. The van der Waals surface area contributed by atoms with Crippen LogP contribution in [-0.2, 0) is 10.0 Å². The van der Waals surface area contributed by atoms with Crippen LogP contribution in [0, 0.1) is 13.8 Å². The Hall–Kier alpha value is -2.40. The average Bonchev–Trinajstić information content (AvgIpc) is 2.98. The molecular formula is C17H16N2O2S. The first-order chi connectivity index (χ1) is 10.5. The Kier molecular flexibility index (Phi) is 3.58. The van der Waals surface area contributed by atoms with Crippen LogP contribution in [0.25, 0.3) is 11.4 Å². The first-order valence-corrected chi connectivity index (χ1v) is 8.36. The highest BCUT2D eigenvalue weighted by Gasteiger charge is 2.21. The van der Waals surface area contributed by atoms with Crippen LogP contribution in [0.4, 0.5) is 0 Å². The fourth-order valence-corrected chi connectivity index (χ4v) is 3.62. The van der Waals surface area contributed by atoms with Crippen LogP contribution >= 0.6 is 0 Å². The smallest absolute Gasteiger partial charge is 0.236 e. The van der Waals surface area contributed by atoms with Gasteiger partial charge in [-0.15, -0.1) is 0 Å². The molecule has 1 heterocycles. The zero-order chi connectivity index (χ0) is 15.7. The van der Waals surface area contributed by atoms with E-state index in [2.05, 4.69) is 4.98 Å². The van der Waals surface area contributed by atoms with Gasteiger partial charge in [0.05, 0.1) is 4.90 Å². The van der Waals surface area contributed by atoms with Gasteiger partial charge in [-0.25, -0.2) is 17.4 Å². The van der Waals surface area contributed by atoms with Crippen LogP contribution in [0.15, 0.2) is 65.8 Å². The zero-order valence-electron chi connectivity index (χ0n) is 12.4. The van der Waals surface area contributed by atoms with Gasteiger partial charge in [0, 0.05) is 18.0 Å². The molecule has 0 atom stereocenters. The van der Waals surface area contributed by atoms with E-state index in [0.29, 0.717) is 5.82 Å². The van der Waals surface area contributed by atoms with Gasteiger partial charge in [0.15, 0.2) is 5.82 Å². The molecule has 3 rings (SSSR count).